The Balaban J connectivity index is 1.39. The van der Waals surface area contributed by atoms with Crippen LogP contribution in [0.5, 0.6) is 5.75 Å². The fourth-order valence-electron chi connectivity index (χ4n) is 4.15. The summed E-state index contributed by atoms with van der Waals surface area (Å²) in [5, 5.41) is 8.95. The highest BCUT2D eigenvalue weighted by Gasteiger charge is 2.29. The predicted octanol–water partition coefficient (Wildman–Crippen LogP) is 3.31. The highest BCUT2D eigenvalue weighted by molar-refractivity contribution is 6.31. The number of hydrogen-bond donors (Lipinski definition) is 3. The van der Waals surface area contributed by atoms with Crippen molar-refractivity contribution in [3.8, 4) is 5.75 Å². The van der Waals surface area contributed by atoms with E-state index in [0.29, 0.717) is 40.5 Å². The number of ether oxygens (including phenoxy) is 3. The lowest BCUT2D eigenvalue weighted by Gasteiger charge is -2.26. The Morgan fingerprint density at radius 3 is 2.84 bits per heavy atom. The lowest BCUT2D eigenvalue weighted by Crippen LogP contribution is -2.38. The van der Waals surface area contributed by atoms with Gasteiger partial charge in [0.05, 0.1) is 36.0 Å². The van der Waals surface area contributed by atoms with Gasteiger partial charge in [0.2, 0.25) is 0 Å². The maximum Gasteiger partial charge on any atom is 0.407 e. The number of carbonyl (C=O) groups is 2. The van der Waals surface area contributed by atoms with Crippen LogP contribution in [-0.2, 0) is 14.3 Å². The molecule has 0 unspecified atom stereocenters. The summed E-state index contributed by atoms with van der Waals surface area (Å²) in [4.78, 5) is 35.2. The summed E-state index contributed by atoms with van der Waals surface area (Å²) in [6, 6.07) is 6.80. The minimum absolute atomic E-state index is 0.0325. The molecular weight excluding hydrogens is 519 g/mol. The van der Waals surface area contributed by atoms with Crippen LogP contribution in [0, 0.1) is 5.82 Å². The largest absolute Gasteiger partial charge is 0.491 e. The zero-order chi connectivity index (χ0) is 26.5. The Kier molecular flexibility index (Phi) is 8.01. The molecule has 2 aromatic carbocycles. The Labute approximate surface area is 222 Å². The van der Waals surface area contributed by atoms with Crippen molar-refractivity contribution in [2.45, 2.75) is 12.5 Å². The lowest BCUT2D eigenvalue weighted by atomic mass is 10.1. The molecule has 2 saturated heterocycles. The average molecular weight is 545 g/mol. The summed E-state index contributed by atoms with van der Waals surface area (Å²) in [5.41, 5.74) is 1.47. The summed E-state index contributed by atoms with van der Waals surface area (Å²) >= 11 is 5.92. The maximum absolute atomic E-state index is 13.6. The third kappa shape index (κ3) is 6.21. The van der Waals surface area contributed by atoms with Gasteiger partial charge in [-0.25, -0.2) is 19.2 Å². The number of cyclic esters (lactones) is 1. The molecule has 2 aliphatic heterocycles. The van der Waals surface area contributed by atoms with Crippen molar-refractivity contribution >= 4 is 51.7 Å². The molecule has 2 amide bonds. The molecule has 1 atom stereocenters. The Hall–Kier alpha value is -3.74. The van der Waals surface area contributed by atoms with Gasteiger partial charge in [-0.2, -0.15) is 0 Å². The first-order valence-corrected chi connectivity index (χ1v) is 12.5. The minimum atomic E-state index is -0.835. The number of aromatic nitrogens is 2. The van der Waals surface area contributed by atoms with E-state index in [2.05, 4.69) is 30.8 Å². The van der Waals surface area contributed by atoms with Crippen molar-refractivity contribution in [1.29, 1.82) is 0 Å². The molecule has 1 aromatic heterocycles. The van der Waals surface area contributed by atoms with Gasteiger partial charge >= 0.3 is 6.09 Å². The van der Waals surface area contributed by atoms with Gasteiger partial charge in [-0.05, 0) is 30.7 Å². The van der Waals surface area contributed by atoms with E-state index in [0.717, 1.165) is 39.3 Å². The van der Waals surface area contributed by atoms with Gasteiger partial charge in [0.15, 0.2) is 0 Å². The summed E-state index contributed by atoms with van der Waals surface area (Å²) in [6.07, 6.45) is 1.52. The molecule has 11 nitrogen and oxygen atoms in total. The van der Waals surface area contributed by atoms with E-state index >= 15 is 0 Å². The van der Waals surface area contributed by atoms with Gasteiger partial charge in [-0.3, -0.25) is 9.69 Å². The van der Waals surface area contributed by atoms with Crippen LogP contribution >= 0.6 is 11.6 Å². The van der Waals surface area contributed by atoms with Gasteiger partial charge in [0.1, 0.15) is 36.4 Å². The quantitative estimate of drug-likeness (QED) is 0.348. The third-order valence-electron chi connectivity index (χ3n) is 6.15. The number of halogens is 2. The van der Waals surface area contributed by atoms with Crippen molar-refractivity contribution in [2.24, 2.45) is 0 Å². The van der Waals surface area contributed by atoms with E-state index in [1.807, 2.05) is 0 Å². The molecule has 38 heavy (non-hydrogen) atoms. The van der Waals surface area contributed by atoms with Gasteiger partial charge in [0, 0.05) is 36.8 Å². The smallest absolute Gasteiger partial charge is 0.407 e. The van der Waals surface area contributed by atoms with Crippen molar-refractivity contribution in [3.63, 3.8) is 0 Å². The first-order chi connectivity index (χ1) is 18.5. The number of morpholine rings is 1. The Bertz CT molecular complexity index is 1340. The van der Waals surface area contributed by atoms with Crippen molar-refractivity contribution < 1.29 is 28.2 Å². The fraction of sp³-hybridized carbons (Fsp3) is 0.360. The van der Waals surface area contributed by atoms with Crippen LogP contribution in [-0.4, -0.2) is 79.0 Å². The molecule has 0 saturated carbocycles. The number of benzene rings is 2. The normalized spacial score (nSPS) is 17.6. The van der Waals surface area contributed by atoms with Gasteiger partial charge < -0.3 is 30.2 Å². The summed E-state index contributed by atoms with van der Waals surface area (Å²) in [5.74, 6) is -0.143. The summed E-state index contributed by atoms with van der Waals surface area (Å²) < 4.78 is 29.9. The van der Waals surface area contributed by atoms with Crippen LogP contribution in [0.2, 0.25) is 5.02 Å². The molecule has 5 rings (SSSR count). The standard InChI is InChI=1S/C25H26ClFN6O5/c26-17-10-15(2-3-18(17)27)30-23-16-11-20(31-24(34)21-13-38-25(35)32-21)22(12-19(16)28-14-29-23)37-7-1-4-33-5-8-36-9-6-33/h2-3,10-12,14,21H,1,4-9,13H2,(H,31,34)(H,32,35)(H,28,29,30)/t21-/m1/s1. The van der Waals surface area contributed by atoms with E-state index < -0.39 is 23.9 Å². The van der Waals surface area contributed by atoms with Crippen molar-refractivity contribution in [2.75, 3.05) is 56.7 Å². The van der Waals surface area contributed by atoms with E-state index in [1.54, 1.807) is 12.1 Å². The zero-order valence-corrected chi connectivity index (χ0v) is 21.1. The van der Waals surface area contributed by atoms with E-state index in [9.17, 15) is 14.0 Å². The minimum Gasteiger partial charge on any atom is -0.491 e. The molecule has 3 heterocycles. The number of anilines is 3. The highest BCUT2D eigenvalue weighted by Crippen LogP contribution is 2.34. The Morgan fingerprint density at radius 2 is 2.08 bits per heavy atom. The van der Waals surface area contributed by atoms with Gasteiger partial charge in [-0.15, -0.1) is 0 Å². The number of amides is 2. The number of alkyl carbamates (subject to hydrolysis) is 1. The second-order valence-corrected chi connectivity index (χ2v) is 9.19. The molecule has 3 N–H and O–H groups in total. The second kappa shape index (κ2) is 11.8. The van der Waals surface area contributed by atoms with Crippen LogP contribution < -0.4 is 20.7 Å². The maximum atomic E-state index is 13.6. The lowest BCUT2D eigenvalue weighted by molar-refractivity contribution is -0.117. The monoisotopic (exact) mass is 544 g/mol. The average Bonchev–Trinajstić information content (AvgIpc) is 3.36. The Morgan fingerprint density at radius 1 is 1.24 bits per heavy atom. The van der Waals surface area contributed by atoms with Crippen LogP contribution in [0.15, 0.2) is 36.7 Å². The molecular formula is C25H26ClFN6O5. The van der Waals surface area contributed by atoms with Gasteiger partial charge in [-0.1, -0.05) is 11.6 Å². The van der Waals surface area contributed by atoms with Crippen LogP contribution in [0.4, 0.5) is 26.4 Å². The molecule has 0 radical (unpaired) electrons. The third-order valence-corrected chi connectivity index (χ3v) is 6.44. The number of nitrogens with one attached hydrogen (secondary N) is 3. The summed E-state index contributed by atoms with van der Waals surface area (Å²) in [7, 11) is 0. The topological polar surface area (TPSA) is 127 Å². The van der Waals surface area contributed by atoms with Crippen LogP contribution in [0.3, 0.4) is 0 Å². The molecule has 3 aromatic rings. The highest BCUT2D eigenvalue weighted by atomic mass is 35.5. The van der Waals surface area contributed by atoms with Crippen LogP contribution in [0.25, 0.3) is 10.9 Å². The number of carbonyl (C=O) groups excluding carboxylic acids is 2. The second-order valence-electron chi connectivity index (χ2n) is 8.78. The molecule has 200 valence electrons. The fourth-order valence-corrected chi connectivity index (χ4v) is 4.33. The van der Waals surface area contributed by atoms with E-state index in [-0.39, 0.29) is 11.6 Å². The first-order valence-electron chi connectivity index (χ1n) is 12.1. The molecule has 2 fully saturated rings. The number of nitrogens with zero attached hydrogens (tertiary/aromatic N) is 3. The SMILES string of the molecule is O=C1N[C@@H](C(=O)Nc2cc3c(Nc4ccc(F)c(Cl)c4)ncnc3cc2OCCCN2CCOCC2)CO1. The molecule has 0 bridgehead atoms. The summed E-state index contributed by atoms with van der Waals surface area (Å²) in [6.45, 7) is 4.43. The number of hydrogen-bond acceptors (Lipinski definition) is 9. The van der Waals surface area contributed by atoms with Crippen molar-refractivity contribution in [3.05, 3.63) is 47.5 Å². The predicted molar refractivity (Wildman–Crippen MR) is 139 cm³/mol. The van der Waals surface area contributed by atoms with Gasteiger partial charge in [0.25, 0.3) is 5.91 Å². The van der Waals surface area contributed by atoms with E-state index in [1.165, 1.54) is 24.5 Å². The molecule has 0 spiro atoms. The van der Waals surface area contributed by atoms with Crippen LogP contribution in [0.1, 0.15) is 6.42 Å². The zero-order valence-electron chi connectivity index (χ0n) is 20.3. The molecule has 0 aliphatic carbocycles. The molecule has 2 aliphatic rings. The molecule has 13 heteroatoms. The first kappa shape index (κ1) is 25.9. The number of fused-ring (bicyclic) bond motifs is 1. The van der Waals surface area contributed by atoms with Crippen molar-refractivity contribution in [1.82, 2.24) is 20.2 Å². The van der Waals surface area contributed by atoms with E-state index in [4.69, 9.17) is 25.8 Å². The number of rotatable bonds is 9.